The van der Waals surface area contributed by atoms with Crippen molar-refractivity contribution in [3.05, 3.63) is 53.6 Å². The molecule has 6 nitrogen and oxygen atoms in total. The maximum atomic E-state index is 12.6. The third-order valence-corrected chi connectivity index (χ3v) is 4.11. The molecular formula is C20H20N2O4. The first kappa shape index (κ1) is 17.7. The Bertz CT molecular complexity index is 854. The van der Waals surface area contributed by atoms with Crippen molar-refractivity contribution in [2.24, 2.45) is 5.92 Å². The van der Waals surface area contributed by atoms with Gasteiger partial charge in [0.1, 0.15) is 5.75 Å². The van der Waals surface area contributed by atoms with E-state index in [1.54, 1.807) is 42.5 Å². The Kier molecular flexibility index (Phi) is 4.75. The highest BCUT2D eigenvalue weighted by Gasteiger charge is 2.36. The number of nitrogens with one attached hydrogen (secondary N) is 1. The first-order valence-corrected chi connectivity index (χ1v) is 8.38. The first-order chi connectivity index (χ1) is 12.4. The summed E-state index contributed by atoms with van der Waals surface area (Å²) in [7, 11) is 1.47. The van der Waals surface area contributed by atoms with E-state index in [-0.39, 0.29) is 23.6 Å². The van der Waals surface area contributed by atoms with E-state index in [1.165, 1.54) is 7.11 Å². The molecule has 3 amide bonds. The van der Waals surface area contributed by atoms with Gasteiger partial charge in [-0.05, 0) is 30.2 Å². The molecule has 3 rings (SSSR count). The summed E-state index contributed by atoms with van der Waals surface area (Å²) in [6, 6.07) is 11.5. The quantitative estimate of drug-likeness (QED) is 0.836. The average Bonchev–Trinajstić information content (AvgIpc) is 2.86. The molecule has 0 atom stereocenters. The standard InChI is InChI=1S/C20H20N2O4/c1-12(2)10-18(23)21-16-9-8-13(11-17(16)26-3)22-19(24)14-6-4-5-7-15(14)20(22)25/h4-9,11-12H,10H2,1-3H3,(H,21,23). The van der Waals surface area contributed by atoms with Crippen LogP contribution in [0.15, 0.2) is 42.5 Å². The third-order valence-electron chi connectivity index (χ3n) is 4.11. The molecule has 26 heavy (non-hydrogen) atoms. The van der Waals surface area contributed by atoms with Crippen molar-refractivity contribution in [1.82, 2.24) is 0 Å². The predicted molar refractivity (Wildman–Crippen MR) is 98.7 cm³/mol. The minimum Gasteiger partial charge on any atom is -0.494 e. The van der Waals surface area contributed by atoms with Gasteiger partial charge in [-0.3, -0.25) is 14.4 Å². The van der Waals surface area contributed by atoms with Gasteiger partial charge in [0, 0.05) is 12.5 Å². The number of carbonyl (C=O) groups is 3. The molecule has 0 fully saturated rings. The summed E-state index contributed by atoms with van der Waals surface area (Å²) in [6.07, 6.45) is 0.392. The van der Waals surface area contributed by atoms with Gasteiger partial charge < -0.3 is 10.1 Å². The van der Waals surface area contributed by atoms with Crippen LogP contribution < -0.4 is 15.0 Å². The van der Waals surface area contributed by atoms with Crippen LogP contribution in [0.4, 0.5) is 11.4 Å². The van der Waals surface area contributed by atoms with Crippen molar-refractivity contribution in [1.29, 1.82) is 0 Å². The van der Waals surface area contributed by atoms with Crippen molar-refractivity contribution in [2.75, 3.05) is 17.3 Å². The normalized spacial score (nSPS) is 13.2. The lowest BCUT2D eigenvalue weighted by Crippen LogP contribution is -2.29. The summed E-state index contributed by atoms with van der Waals surface area (Å²) in [5, 5.41) is 2.80. The highest BCUT2D eigenvalue weighted by atomic mass is 16.5. The van der Waals surface area contributed by atoms with Gasteiger partial charge in [0.25, 0.3) is 11.8 Å². The van der Waals surface area contributed by atoms with E-state index in [9.17, 15) is 14.4 Å². The van der Waals surface area contributed by atoms with E-state index in [0.717, 1.165) is 4.90 Å². The number of amides is 3. The predicted octanol–water partition coefficient (Wildman–Crippen LogP) is 3.48. The Morgan fingerprint density at radius 1 is 1.08 bits per heavy atom. The van der Waals surface area contributed by atoms with Crippen LogP contribution >= 0.6 is 0 Å². The maximum Gasteiger partial charge on any atom is 0.266 e. The van der Waals surface area contributed by atoms with E-state index >= 15 is 0 Å². The van der Waals surface area contributed by atoms with Crippen molar-refractivity contribution in [3.63, 3.8) is 0 Å². The molecule has 0 spiro atoms. The number of ether oxygens (including phenoxy) is 1. The molecule has 6 heteroatoms. The fourth-order valence-corrected chi connectivity index (χ4v) is 2.92. The zero-order valence-electron chi connectivity index (χ0n) is 14.9. The van der Waals surface area contributed by atoms with Gasteiger partial charge in [-0.2, -0.15) is 0 Å². The van der Waals surface area contributed by atoms with Gasteiger partial charge in [0.15, 0.2) is 0 Å². The van der Waals surface area contributed by atoms with Crippen LogP contribution in [0.3, 0.4) is 0 Å². The van der Waals surface area contributed by atoms with Crippen LogP contribution in [0.5, 0.6) is 5.75 Å². The number of nitrogens with zero attached hydrogens (tertiary/aromatic N) is 1. The fourth-order valence-electron chi connectivity index (χ4n) is 2.92. The minimum atomic E-state index is -0.371. The van der Waals surface area contributed by atoms with Crippen LogP contribution in [0.2, 0.25) is 0 Å². The van der Waals surface area contributed by atoms with Crippen molar-refractivity contribution >= 4 is 29.1 Å². The van der Waals surface area contributed by atoms with E-state index in [1.807, 2.05) is 13.8 Å². The molecule has 1 N–H and O–H groups in total. The number of benzene rings is 2. The van der Waals surface area contributed by atoms with Crippen molar-refractivity contribution in [3.8, 4) is 5.75 Å². The molecule has 0 aromatic heterocycles. The second-order valence-electron chi connectivity index (χ2n) is 6.52. The van der Waals surface area contributed by atoms with Crippen LogP contribution in [0, 0.1) is 5.92 Å². The Morgan fingerprint density at radius 2 is 1.69 bits per heavy atom. The lowest BCUT2D eigenvalue weighted by molar-refractivity contribution is -0.116. The van der Waals surface area contributed by atoms with Gasteiger partial charge in [-0.25, -0.2) is 4.90 Å². The average molecular weight is 352 g/mol. The summed E-state index contributed by atoms with van der Waals surface area (Å²) in [6.45, 7) is 3.92. The van der Waals surface area contributed by atoms with E-state index < -0.39 is 0 Å². The summed E-state index contributed by atoms with van der Waals surface area (Å²) in [4.78, 5) is 38.3. The molecule has 0 saturated carbocycles. The van der Waals surface area contributed by atoms with Gasteiger partial charge in [0.2, 0.25) is 5.91 Å². The maximum absolute atomic E-state index is 12.6. The zero-order valence-corrected chi connectivity index (χ0v) is 14.9. The van der Waals surface area contributed by atoms with Crippen LogP contribution in [0.25, 0.3) is 0 Å². The first-order valence-electron chi connectivity index (χ1n) is 8.38. The topological polar surface area (TPSA) is 75.7 Å². The van der Waals surface area contributed by atoms with Gasteiger partial charge >= 0.3 is 0 Å². The summed E-state index contributed by atoms with van der Waals surface area (Å²) < 4.78 is 5.34. The second kappa shape index (κ2) is 7.00. The number of imide groups is 1. The number of hydrogen-bond acceptors (Lipinski definition) is 4. The smallest absolute Gasteiger partial charge is 0.266 e. The largest absolute Gasteiger partial charge is 0.494 e. The van der Waals surface area contributed by atoms with Crippen molar-refractivity contribution in [2.45, 2.75) is 20.3 Å². The minimum absolute atomic E-state index is 0.119. The van der Waals surface area contributed by atoms with E-state index in [4.69, 9.17) is 4.74 Å². The molecule has 0 aliphatic carbocycles. The third kappa shape index (κ3) is 3.18. The number of fused-ring (bicyclic) bond motifs is 1. The second-order valence-corrected chi connectivity index (χ2v) is 6.52. The van der Waals surface area contributed by atoms with E-state index in [2.05, 4.69) is 5.32 Å². The molecular weight excluding hydrogens is 332 g/mol. The zero-order chi connectivity index (χ0) is 18.8. The van der Waals surface area contributed by atoms with Crippen LogP contribution in [-0.4, -0.2) is 24.8 Å². The Hall–Kier alpha value is -3.15. The summed E-state index contributed by atoms with van der Waals surface area (Å²) in [5.74, 6) is -0.241. The van der Waals surface area contributed by atoms with Crippen LogP contribution in [-0.2, 0) is 4.79 Å². The Labute approximate surface area is 151 Å². The Morgan fingerprint density at radius 3 is 2.23 bits per heavy atom. The molecule has 2 aromatic carbocycles. The lowest BCUT2D eigenvalue weighted by atomic mass is 10.1. The SMILES string of the molecule is COc1cc(N2C(=O)c3ccccc3C2=O)ccc1NC(=O)CC(C)C. The molecule has 1 aliphatic rings. The van der Waals surface area contributed by atoms with Crippen LogP contribution in [0.1, 0.15) is 41.0 Å². The molecule has 0 unspecified atom stereocenters. The molecule has 1 heterocycles. The van der Waals surface area contributed by atoms with E-state index in [0.29, 0.717) is 34.7 Å². The molecule has 0 saturated heterocycles. The highest BCUT2D eigenvalue weighted by Crippen LogP contribution is 2.34. The lowest BCUT2D eigenvalue weighted by Gasteiger charge is -2.17. The molecule has 0 radical (unpaired) electrons. The molecule has 1 aliphatic heterocycles. The fraction of sp³-hybridized carbons (Fsp3) is 0.250. The van der Waals surface area contributed by atoms with Crippen molar-refractivity contribution < 1.29 is 19.1 Å². The number of methoxy groups -OCH3 is 1. The Balaban J connectivity index is 1.90. The molecule has 134 valence electrons. The summed E-state index contributed by atoms with van der Waals surface area (Å²) >= 11 is 0. The number of carbonyl (C=O) groups excluding carboxylic acids is 3. The number of hydrogen-bond donors (Lipinski definition) is 1. The molecule has 2 aromatic rings. The van der Waals surface area contributed by atoms with Gasteiger partial charge in [-0.15, -0.1) is 0 Å². The molecule has 0 bridgehead atoms. The highest BCUT2D eigenvalue weighted by molar-refractivity contribution is 6.34. The monoisotopic (exact) mass is 352 g/mol. The van der Waals surface area contributed by atoms with Gasteiger partial charge in [-0.1, -0.05) is 26.0 Å². The number of anilines is 2. The number of rotatable bonds is 5. The summed E-state index contributed by atoms with van der Waals surface area (Å²) in [5.41, 5.74) is 1.66. The van der Waals surface area contributed by atoms with Gasteiger partial charge in [0.05, 0.1) is 29.6 Å².